The molecule has 1 fully saturated rings. The summed E-state index contributed by atoms with van der Waals surface area (Å²) < 4.78 is 0. The lowest BCUT2D eigenvalue weighted by Gasteiger charge is -2.26. The average Bonchev–Trinajstić information content (AvgIpc) is 2.68. The first-order chi connectivity index (χ1) is 9.16. The highest BCUT2D eigenvalue weighted by Gasteiger charge is 2.21. The number of nitrogens with two attached hydrogens (primary N) is 1. The second-order valence-electron chi connectivity index (χ2n) is 5.37. The summed E-state index contributed by atoms with van der Waals surface area (Å²) >= 11 is 7.98. The summed E-state index contributed by atoms with van der Waals surface area (Å²) in [7, 11) is 0. The van der Waals surface area contributed by atoms with Gasteiger partial charge in [0.1, 0.15) is 0 Å². The molecule has 3 heteroatoms. The van der Waals surface area contributed by atoms with E-state index < -0.39 is 0 Å². The molecule has 1 aliphatic rings. The van der Waals surface area contributed by atoms with Crippen molar-refractivity contribution in [2.45, 2.75) is 38.1 Å². The van der Waals surface area contributed by atoms with Gasteiger partial charge in [-0.25, -0.2) is 0 Å². The first-order valence-corrected chi connectivity index (χ1v) is 8.01. The molecule has 0 aliphatic heterocycles. The fourth-order valence-electron chi connectivity index (χ4n) is 2.56. The quantitative estimate of drug-likeness (QED) is 0.844. The average molecular weight is 292 g/mol. The molecule has 0 radical (unpaired) electrons. The van der Waals surface area contributed by atoms with Crippen LogP contribution in [-0.4, -0.2) is 0 Å². The molecule has 0 bridgehead atoms. The van der Waals surface area contributed by atoms with Gasteiger partial charge in [-0.15, -0.1) is 11.3 Å². The normalized spacial score (nSPS) is 17.2. The van der Waals surface area contributed by atoms with Gasteiger partial charge in [-0.05, 0) is 47.8 Å². The van der Waals surface area contributed by atoms with E-state index in [0.29, 0.717) is 0 Å². The Hall–Kier alpha value is -0.830. The molecule has 1 aliphatic carbocycles. The van der Waals surface area contributed by atoms with Gasteiger partial charge < -0.3 is 5.73 Å². The number of thiophene rings is 1. The zero-order chi connectivity index (χ0) is 13.4. The second kappa shape index (κ2) is 5.28. The van der Waals surface area contributed by atoms with Crippen molar-refractivity contribution < 1.29 is 0 Å². The Bertz CT molecular complexity index is 586. The highest BCUT2D eigenvalue weighted by Crippen LogP contribution is 2.39. The fraction of sp³-hybridized carbons (Fsp3) is 0.375. The van der Waals surface area contributed by atoms with Gasteiger partial charge in [-0.2, -0.15) is 0 Å². The largest absolute Gasteiger partial charge is 0.320 e. The maximum Gasteiger partial charge on any atom is 0.0661 e. The smallest absolute Gasteiger partial charge is 0.0661 e. The predicted molar refractivity (Wildman–Crippen MR) is 83.1 cm³/mol. The molecule has 1 aromatic heterocycles. The Balaban J connectivity index is 1.90. The van der Waals surface area contributed by atoms with Crippen molar-refractivity contribution >= 4 is 22.9 Å². The Morgan fingerprint density at radius 1 is 1.37 bits per heavy atom. The molecule has 3 rings (SSSR count). The van der Waals surface area contributed by atoms with E-state index >= 15 is 0 Å². The zero-order valence-electron chi connectivity index (χ0n) is 11.0. The Morgan fingerprint density at radius 3 is 2.74 bits per heavy atom. The van der Waals surface area contributed by atoms with Crippen LogP contribution in [0, 0.1) is 6.92 Å². The van der Waals surface area contributed by atoms with E-state index in [0.717, 1.165) is 21.4 Å². The van der Waals surface area contributed by atoms with Crippen molar-refractivity contribution in [3.05, 3.63) is 56.2 Å². The van der Waals surface area contributed by atoms with Crippen LogP contribution in [0.15, 0.2) is 29.6 Å². The van der Waals surface area contributed by atoms with Crippen molar-refractivity contribution in [3.8, 4) is 0 Å². The Kier molecular flexibility index (Phi) is 3.66. The summed E-state index contributed by atoms with van der Waals surface area (Å²) in [6.45, 7) is 2.03. The highest BCUT2D eigenvalue weighted by molar-refractivity contribution is 7.10. The molecule has 2 N–H and O–H groups in total. The summed E-state index contributed by atoms with van der Waals surface area (Å²) in [6, 6.07) is 8.61. The van der Waals surface area contributed by atoms with Crippen LogP contribution in [0.2, 0.25) is 5.02 Å². The topological polar surface area (TPSA) is 26.0 Å². The van der Waals surface area contributed by atoms with Crippen molar-refractivity contribution in [1.29, 1.82) is 0 Å². The minimum atomic E-state index is -0.105. The molecule has 0 saturated heterocycles. The minimum absolute atomic E-state index is 0.105. The molecular weight excluding hydrogens is 274 g/mol. The first-order valence-electron chi connectivity index (χ1n) is 6.75. The summed E-state index contributed by atoms with van der Waals surface area (Å²) in [4.78, 5) is 1.07. The second-order valence-corrected chi connectivity index (χ2v) is 6.66. The zero-order valence-corrected chi connectivity index (χ0v) is 12.6. The number of benzene rings is 1. The number of hydrogen-bond donors (Lipinski definition) is 1. The number of halogens is 1. The van der Waals surface area contributed by atoms with Crippen LogP contribution < -0.4 is 5.73 Å². The van der Waals surface area contributed by atoms with Crippen LogP contribution in [0.3, 0.4) is 0 Å². The molecule has 100 valence electrons. The number of rotatable bonds is 3. The molecule has 2 aromatic rings. The third-order valence-electron chi connectivity index (χ3n) is 4.05. The lowest BCUT2D eigenvalue weighted by atomic mass is 9.79. The molecule has 19 heavy (non-hydrogen) atoms. The molecule has 1 saturated carbocycles. The molecule has 1 aromatic carbocycles. The maximum atomic E-state index is 6.38. The van der Waals surface area contributed by atoms with Crippen molar-refractivity contribution in [2.24, 2.45) is 5.73 Å². The van der Waals surface area contributed by atoms with Crippen molar-refractivity contribution in [3.63, 3.8) is 0 Å². The van der Waals surface area contributed by atoms with Crippen LogP contribution in [0.1, 0.15) is 52.8 Å². The number of aryl methyl sites for hydroxylation is 1. The summed E-state index contributed by atoms with van der Waals surface area (Å²) in [5.74, 6) is 0.743. The minimum Gasteiger partial charge on any atom is -0.320 e. The van der Waals surface area contributed by atoms with Gasteiger partial charge in [-0.3, -0.25) is 0 Å². The molecule has 1 heterocycles. The fourth-order valence-corrected chi connectivity index (χ4v) is 3.90. The summed E-state index contributed by atoms with van der Waals surface area (Å²) in [5, 5.41) is 2.90. The molecular formula is C16H18ClNS. The van der Waals surface area contributed by atoms with Gasteiger partial charge in [0.25, 0.3) is 0 Å². The lowest BCUT2D eigenvalue weighted by Crippen LogP contribution is -2.13. The predicted octanol–water partition coefficient (Wildman–Crippen LogP) is 5.03. The van der Waals surface area contributed by atoms with Crippen molar-refractivity contribution in [2.75, 3.05) is 0 Å². The van der Waals surface area contributed by atoms with E-state index in [1.54, 1.807) is 11.3 Å². The lowest BCUT2D eigenvalue weighted by molar-refractivity contribution is 0.419. The van der Waals surface area contributed by atoms with Crippen LogP contribution in [0.25, 0.3) is 0 Å². The third kappa shape index (κ3) is 2.45. The SMILES string of the molecule is Cc1csc(C(N)c2cccc(C3CCC3)c2)c1Cl. The molecule has 1 unspecified atom stereocenters. The molecule has 0 amide bonds. The van der Waals surface area contributed by atoms with E-state index in [-0.39, 0.29) is 6.04 Å². The molecule has 1 nitrogen and oxygen atoms in total. The van der Waals surface area contributed by atoms with Gasteiger partial charge in [0, 0.05) is 4.88 Å². The van der Waals surface area contributed by atoms with Crippen LogP contribution >= 0.6 is 22.9 Å². The van der Waals surface area contributed by atoms with E-state index in [2.05, 4.69) is 29.6 Å². The van der Waals surface area contributed by atoms with Crippen LogP contribution in [-0.2, 0) is 0 Å². The van der Waals surface area contributed by atoms with Gasteiger partial charge in [0.05, 0.1) is 11.1 Å². The summed E-state index contributed by atoms with van der Waals surface area (Å²) in [6.07, 6.45) is 3.99. The van der Waals surface area contributed by atoms with E-state index in [1.807, 2.05) is 6.92 Å². The first kappa shape index (κ1) is 13.2. The summed E-state index contributed by atoms with van der Waals surface area (Å²) in [5.41, 5.74) is 10.1. The van der Waals surface area contributed by atoms with Gasteiger partial charge in [0.2, 0.25) is 0 Å². The van der Waals surface area contributed by atoms with Gasteiger partial charge in [-0.1, -0.05) is 42.3 Å². The van der Waals surface area contributed by atoms with Crippen LogP contribution in [0.5, 0.6) is 0 Å². The Morgan fingerprint density at radius 2 is 2.16 bits per heavy atom. The van der Waals surface area contributed by atoms with E-state index in [4.69, 9.17) is 17.3 Å². The highest BCUT2D eigenvalue weighted by atomic mass is 35.5. The van der Waals surface area contributed by atoms with Gasteiger partial charge in [0.15, 0.2) is 0 Å². The van der Waals surface area contributed by atoms with Gasteiger partial charge >= 0.3 is 0 Å². The van der Waals surface area contributed by atoms with Crippen LogP contribution in [0.4, 0.5) is 0 Å². The third-order valence-corrected chi connectivity index (χ3v) is 5.85. The number of hydrogen-bond acceptors (Lipinski definition) is 2. The van der Waals surface area contributed by atoms with Crippen molar-refractivity contribution in [1.82, 2.24) is 0 Å². The maximum absolute atomic E-state index is 6.38. The van der Waals surface area contributed by atoms with E-state index in [1.165, 1.54) is 30.4 Å². The Labute approximate surface area is 123 Å². The molecule has 0 spiro atoms. The van der Waals surface area contributed by atoms with E-state index in [9.17, 15) is 0 Å². The molecule has 1 atom stereocenters. The monoisotopic (exact) mass is 291 g/mol. The standard InChI is InChI=1S/C16H18ClNS/c1-10-9-19-16(14(10)17)15(18)13-7-3-6-12(8-13)11-4-2-5-11/h3,6-9,11,15H,2,4-5,18H2,1H3.